The van der Waals surface area contributed by atoms with Crippen LogP contribution in [0.15, 0.2) is 0 Å². The summed E-state index contributed by atoms with van der Waals surface area (Å²) in [5, 5.41) is 9.60. The van der Waals surface area contributed by atoms with Gasteiger partial charge in [0.05, 0.1) is 25.2 Å². The van der Waals surface area contributed by atoms with E-state index in [2.05, 4.69) is 45.6 Å². The quantitative estimate of drug-likeness (QED) is 0.793. The fourth-order valence-corrected chi connectivity index (χ4v) is 4.13. The Kier molecular flexibility index (Phi) is 5.00. The van der Waals surface area contributed by atoms with E-state index in [1.165, 1.54) is 19.3 Å². The number of morpholine rings is 1. The molecule has 21 heavy (non-hydrogen) atoms. The molecule has 0 bridgehead atoms. The Morgan fingerprint density at radius 2 is 2.05 bits per heavy atom. The summed E-state index contributed by atoms with van der Waals surface area (Å²) in [5.41, 5.74) is 0.436. The zero-order chi connectivity index (χ0) is 15.7. The summed E-state index contributed by atoms with van der Waals surface area (Å²) in [6.07, 6.45) is 4.65. The molecule has 2 aliphatic rings. The maximum Gasteiger partial charge on any atom is 0.0672 e. The molecule has 0 aromatic carbocycles. The van der Waals surface area contributed by atoms with Crippen molar-refractivity contribution in [3.05, 3.63) is 0 Å². The van der Waals surface area contributed by atoms with Crippen LogP contribution in [-0.2, 0) is 4.74 Å². The van der Waals surface area contributed by atoms with Crippen LogP contribution in [0.4, 0.5) is 0 Å². The molecule has 3 unspecified atom stereocenters. The van der Waals surface area contributed by atoms with Crippen molar-refractivity contribution in [2.45, 2.75) is 71.9 Å². The molecule has 0 N–H and O–H groups in total. The van der Waals surface area contributed by atoms with E-state index in [1.54, 1.807) is 0 Å². The Hall–Kier alpha value is -0.590. The molecular weight excluding hydrogens is 260 g/mol. The normalized spacial score (nSPS) is 34.4. The summed E-state index contributed by atoms with van der Waals surface area (Å²) in [6.45, 7) is 14.2. The maximum absolute atomic E-state index is 9.60. The van der Waals surface area contributed by atoms with Crippen LogP contribution in [0.2, 0.25) is 0 Å². The van der Waals surface area contributed by atoms with E-state index in [0.717, 1.165) is 32.1 Å². The van der Waals surface area contributed by atoms with Gasteiger partial charge in [-0.25, -0.2) is 0 Å². The molecule has 3 heteroatoms. The van der Waals surface area contributed by atoms with Gasteiger partial charge < -0.3 is 4.74 Å². The molecule has 0 amide bonds. The van der Waals surface area contributed by atoms with Crippen molar-refractivity contribution in [2.75, 3.05) is 19.8 Å². The van der Waals surface area contributed by atoms with Crippen molar-refractivity contribution in [1.29, 1.82) is 5.26 Å². The van der Waals surface area contributed by atoms with E-state index in [4.69, 9.17) is 4.74 Å². The first kappa shape index (κ1) is 16.8. The summed E-state index contributed by atoms with van der Waals surface area (Å²) in [7, 11) is 0. The molecule has 0 spiro atoms. The average molecular weight is 292 g/mol. The number of hydrogen-bond acceptors (Lipinski definition) is 3. The molecule has 0 radical (unpaired) electrons. The minimum atomic E-state index is 0.0518. The van der Waals surface area contributed by atoms with Gasteiger partial charge in [-0.1, -0.05) is 27.2 Å². The van der Waals surface area contributed by atoms with Crippen LogP contribution >= 0.6 is 0 Å². The van der Waals surface area contributed by atoms with Crippen LogP contribution < -0.4 is 0 Å². The fraction of sp³-hybridized carbons (Fsp3) is 0.944. The van der Waals surface area contributed by atoms with E-state index in [0.29, 0.717) is 11.5 Å². The Bertz CT molecular complexity index is 397. The van der Waals surface area contributed by atoms with Gasteiger partial charge in [0, 0.05) is 18.1 Å². The number of ether oxygens (including phenoxy) is 1. The van der Waals surface area contributed by atoms with Crippen molar-refractivity contribution in [3.63, 3.8) is 0 Å². The summed E-state index contributed by atoms with van der Waals surface area (Å²) in [6, 6.07) is 3.00. The molecule has 0 aromatic rings. The Balaban J connectivity index is 2.19. The zero-order valence-electron chi connectivity index (χ0n) is 14.5. The molecule has 1 aliphatic heterocycles. The summed E-state index contributed by atoms with van der Waals surface area (Å²) in [4.78, 5) is 2.57. The van der Waals surface area contributed by atoms with Crippen LogP contribution in [0.3, 0.4) is 0 Å². The Morgan fingerprint density at radius 3 is 2.62 bits per heavy atom. The number of hydrogen-bond donors (Lipinski definition) is 0. The lowest BCUT2D eigenvalue weighted by atomic mass is 9.65. The highest BCUT2D eigenvalue weighted by Crippen LogP contribution is 2.44. The third-order valence-electron chi connectivity index (χ3n) is 6.11. The molecule has 2 rings (SSSR count). The molecule has 2 fully saturated rings. The molecule has 1 aliphatic carbocycles. The first-order valence-corrected chi connectivity index (χ1v) is 8.56. The number of nitriles is 1. The summed E-state index contributed by atoms with van der Waals surface area (Å²) < 4.78 is 5.67. The lowest BCUT2D eigenvalue weighted by Crippen LogP contribution is -2.60. The molecule has 3 atom stereocenters. The topological polar surface area (TPSA) is 36.3 Å². The minimum absolute atomic E-state index is 0.0518. The SMILES string of the molecule is CCC(C)(C)C1CCC(C#N)C(N2CCOCC2(C)C)C1. The van der Waals surface area contributed by atoms with Crippen molar-refractivity contribution in [3.8, 4) is 6.07 Å². The fourth-order valence-electron chi connectivity index (χ4n) is 4.13. The average Bonchev–Trinajstić information content (AvgIpc) is 2.46. The van der Waals surface area contributed by atoms with Crippen molar-refractivity contribution < 1.29 is 4.74 Å². The van der Waals surface area contributed by atoms with Crippen molar-refractivity contribution >= 4 is 0 Å². The summed E-state index contributed by atoms with van der Waals surface area (Å²) >= 11 is 0. The van der Waals surface area contributed by atoms with Gasteiger partial charge in [-0.3, -0.25) is 4.90 Å². The standard InChI is InChI=1S/C18H32N2O/c1-6-17(2,3)15-8-7-14(12-19)16(11-15)20-9-10-21-13-18(20,4)5/h14-16H,6-11,13H2,1-5H3. The number of rotatable bonds is 3. The van der Waals surface area contributed by atoms with Gasteiger partial charge in [0.15, 0.2) is 0 Å². The van der Waals surface area contributed by atoms with Gasteiger partial charge >= 0.3 is 0 Å². The van der Waals surface area contributed by atoms with E-state index >= 15 is 0 Å². The third-order valence-corrected chi connectivity index (χ3v) is 6.11. The third kappa shape index (κ3) is 3.43. The van der Waals surface area contributed by atoms with E-state index in [1.807, 2.05) is 0 Å². The van der Waals surface area contributed by atoms with Gasteiger partial charge in [-0.2, -0.15) is 5.26 Å². The largest absolute Gasteiger partial charge is 0.378 e. The van der Waals surface area contributed by atoms with E-state index in [9.17, 15) is 5.26 Å². The van der Waals surface area contributed by atoms with Crippen LogP contribution in [0, 0.1) is 28.6 Å². The second-order valence-electron chi connectivity index (χ2n) is 8.21. The first-order valence-electron chi connectivity index (χ1n) is 8.56. The van der Waals surface area contributed by atoms with Crippen LogP contribution in [0.5, 0.6) is 0 Å². The first-order chi connectivity index (χ1) is 9.81. The lowest BCUT2D eigenvalue weighted by molar-refractivity contribution is -0.0941. The lowest BCUT2D eigenvalue weighted by Gasteiger charge is -2.52. The molecule has 120 valence electrons. The predicted molar refractivity (Wildman–Crippen MR) is 85.9 cm³/mol. The second-order valence-corrected chi connectivity index (χ2v) is 8.21. The molecular formula is C18H32N2O. The highest BCUT2D eigenvalue weighted by molar-refractivity contribution is 5.03. The van der Waals surface area contributed by atoms with Gasteiger partial charge in [0.2, 0.25) is 0 Å². The highest BCUT2D eigenvalue weighted by atomic mass is 16.5. The molecule has 1 saturated heterocycles. The van der Waals surface area contributed by atoms with Crippen LogP contribution in [-0.4, -0.2) is 36.2 Å². The maximum atomic E-state index is 9.60. The highest BCUT2D eigenvalue weighted by Gasteiger charge is 2.44. The zero-order valence-corrected chi connectivity index (χ0v) is 14.5. The monoisotopic (exact) mass is 292 g/mol. The van der Waals surface area contributed by atoms with Gasteiger partial charge in [-0.15, -0.1) is 0 Å². The molecule has 3 nitrogen and oxygen atoms in total. The smallest absolute Gasteiger partial charge is 0.0672 e. The molecule has 1 saturated carbocycles. The molecule has 1 heterocycles. The van der Waals surface area contributed by atoms with Gasteiger partial charge in [0.25, 0.3) is 0 Å². The van der Waals surface area contributed by atoms with Crippen LogP contribution in [0.25, 0.3) is 0 Å². The van der Waals surface area contributed by atoms with E-state index in [-0.39, 0.29) is 11.5 Å². The Labute approximate surface area is 130 Å². The molecule has 0 aromatic heterocycles. The van der Waals surface area contributed by atoms with Gasteiger partial charge in [-0.05, 0) is 44.4 Å². The van der Waals surface area contributed by atoms with Crippen molar-refractivity contribution in [1.82, 2.24) is 4.90 Å². The van der Waals surface area contributed by atoms with Crippen molar-refractivity contribution in [2.24, 2.45) is 17.3 Å². The van der Waals surface area contributed by atoms with Gasteiger partial charge in [0.1, 0.15) is 0 Å². The predicted octanol–water partition coefficient (Wildman–Crippen LogP) is 3.84. The second kappa shape index (κ2) is 6.26. The summed E-state index contributed by atoms with van der Waals surface area (Å²) in [5.74, 6) is 0.919. The van der Waals surface area contributed by atoms with Crippen LogP contribution in [0.1, 0.15) is 60.3 Å². The Morgan fingerprint density at radius 1 is 1.33 bits per heavy atom. The number of nitrogens with zero attached hydrogens (tertiary/aromatic N) is 2. The van der Waals surface area contributed by atoms with E-state index < -0.39 is 0 Å². The minimum Gasteiger partial charge on any atom is -0.378 e.